The van der Waals surface area contributed by atoms with Crippen molar-refractivity contribution in [3.8, 4) is 0 Å². The van der Waals surface area contributed by atoms with Crippen LogP contribution in [0.4, 0.5) is 0 Å². The van der Waals surface area contributed by atoms with E-state index in [2.05, 4.69) is 10.0 Å². The van der Waals surface area contributed by atoms with Gasteiger partial charge in [-0.3, -0.25) is 4.79 Å². The summed E-state index contributed by atoms with van der Waals surface area (Å²) in [4.78, 5) is 13.7. The molecule has 0 spiro atoms. The maximum atomic E-state index is 10.9. The summed E-state index contributed by atoms with van der Waals surface area (Å²) in [7, 11) is 0. The van der Waals surface area contributed by atoms with Crippen LogP contribution in [0, 0.1) is 0 Å². The molecule has 0 radical (unpaired) electrons. The van der Waals surface area contributed by atoms with Crippen LogP contribution in [-0.4, -0.2) is 30.6 Å². The van der Waals surface area contributed by atoms with E-state index in [1.54, 1.807) is 6.08 Å². The second kappa shape index (κ2) is 7.16. The standard InChI is InChI=1S/C12H20N4O2/c1-3-9(4-2)18-11-6-8(7-17)5-10(12(11)13)15-16-14/h6-7,9-12H,3-5,13H2,1-2H3/t10-,11+,12+/m0/s1. The van der Waals surface area contributed by atoms with Crippen LogP contribution in [-0.2, 0) is 9.53 Å². The lowest BCUT2D eigenvalue weighted by atomic mass is 9.89. The molecule has 1 aliphatic rings. The van der Waals surface area contributed by atoms with Crippen molar-refractivity contribution in [2.45, 2.75) is 57.4 Å². The average molecular weight is 252 g/mol. The van der Waals surface area contributed by atoms with Crippen LogP contribution in [0.3, 0.4) is 0 Å². The van der Waals surface area contributed by atoms with Crippen molar-refractivity contribution < 1.29 is 9.53 Å². The molecule has 0 saturated carbocycles. The highest BCUT2D eigenvalue weighted by atomic mass is 16.5. The average Bonchev–Trinajstić information content (AvgIpc) is 2.39. The molecule has 3 atom stereocenters. The van der Waals surface area contributed by atoms with Crippen LogP contribution in [0.15, 0.2) is 16.8 Å². The van der Waals surface area contributed by atoms with Gasteiger partial charge in [-0.15, -0.1) is 0 Å². The summed E-state index contributed by atoms with van der Waals surface area (Å²) in [5.41, 5.74) is 15.1. The first-order valence-corrected chi connectivity index (χ1v) is 6.27. The number of rotatable bonds is 6. The lowest BCUT2D eigenvalue weighted by Crippen LogP contribution is -2.48. The van der Waals surface area contributed by atoms with Gasteiger partial charge in [0, 0.05) is 11.0 Å². The molecule has 18 heavy (non-hydrogen) atoms. The largest absolute Gasteiger partial charge is 0.369 e. The Morgan fingerprint density at radius 3 is 2.83 bits per heavy atom. The highest BCUT2D eigenvalue weighted by molar-refractivity contribution is 5.74. The molecule has 1 rings (SSSR count). The Kier molecular flexibility index (Phi) is 5.85. The third-order valence-corrected chi connectivity index (χ3v) is 3.26. The maximum Gasteiger partial charge on any atom is 0.145 e. The molecule has 6 nitrogen and oxygen atoms in total. The summed E-state index contributed by atoms with van der Waals surface area (Å²) in [5.74, 6) is 0. The van der Waals surface area contributed by atoms with Crippen molar-refractivity contribution in [1.29, 1.82) is 0 Å². The first kappa shape index (κ1) is 14.7. The molecule has 2 N–H and O–H groups in total. The first-order valence-electron chi connectivity index (χ1n) is 6.27. The van der Waals surface area contributed by atoms with Crippen molar-refractivity contribution in [3.05, 3.63) is 22.1 Å². The molecule has 0 fully saturated rings. The second-order valence-electron chi connectivity index (χ2n) is 4.45. The molecule has 1 aliphatic carbocycles. The van der Waals surface area contributed by atoms with Crippen LogP contribution in [0.25, 0.3) is 10.4 Å². The van der Waals surface area contributed by atoms with E-state index in [0.717, 1.165) is 19.1 Å². The van der Waals surface area contributed by atoms with E-state index in [4.69, 9.17) is 16.0 Å². The Morgan fingerprint density at radius 1 is 1.67 bits per heavy atom. The summed E-state index contributed by atoms with van der Waals surface area (Å²) in [6.07, 6.45) is 4.42. The van der Waals surface area contributed by atoms with E-state index in [9.17, 15) is 4.79 Å². The minimum Gasteiger partial charge on any atom is -0.369 e. The SMILES string of the molecule is CCC(CC)O[C@@H]1C=C(C=O)C[C@H](N=[N+]=[N-])[C@H]1N. The van der Waals surface area contributed by atoms with E-state index in [1.807, 2.05) is 13.8 Å². The van der Waals surface area contributed by atoms with E-state index >= 15 is 0 Å². The van der Waals surface area contributed by atoms with Crippen molar-refractivity contribution >= 4 is 6.29 Å². The molecule has 0 bridgehead atoms. The van der Waals surface area contributed by atoms with Crippen molar-refractivity contribution in [2.75, 3.05) is 0 Å². The predicted octanol–water partition coefficient (Wildman–Crippen LogP) is 2.10. The van der Waals surface area contributed by atoms with Gasteiger partial charge in [0.2, 0.25) is 0 Å². The van der Waals surface area contributed by atoms with Crippen molar-refractivity contribution in [2.24, 2.45) is 10.8 Å². The van der Waals surface area contributed by atoms with E-state index in [0.29, 0.717) is 12.0 Å². The van der Waals surface area contributed by atoms with E-state index in [-0.39, 0.29) is 12.2 Å². The van der Waals surface area contributed by atoms with Gasteiger partial charge < -0.3 is 10.5 Å². The Labute approximate surface area is 107 Å². The van der Waals surface area contributed by atoms with Crippen molar-refractivity contribution in [1.82, 2.24) is 0 Å². The van der Waals surface area contributed by atoms with Crippen molar-refractivity contribution in [3.63, 3.8) is 0 Å². The normalized spacial score (nSPS) is 27.6. The summed E-state index contributed by atoms with van der Waals surface area (Å²) in [5, 5.41) is 3.65. The molecule has 6 heteroatoms. The van der Waals surface area contributed by atoms with Gasteiger partial charge in [0.1, 0.15) is 6.29 Å². The summed E-state index contributed by atoms with van der Waals surface area (Å²) in [6.45, 7) is 4.08. The van der Waals surface area contributed by atoms with Gasteiger partial charge in [-0.2, -0.15) is 0 Å². The Hall–Kier alpha value is -1.36. The van der Waals surface area contributed by atoms with E-state index < -0.39 is 12.1 Å². The summed E-state index contributed by atoms with van der Waals surface area (Å²) < 4.78 is 5.87. The van der Waals surface area contributed by atoms with Gasteiger partial charge in [0.25, 0.3) is 0 Å². The molecular weight excluding hydrogens is 232 g/mol. The quantitative estimate of drug-likeness (QED) is 0.339. The number of nitrogens with two attached hydrogens (primary N) is 1. The van der Waals surface area contributed by atoms with Crippen LogP contribution in [0.1, 0.15) is 33.1 Å². The van der Waals surface area contributed by atoms with Crippen LogP contribution < -0.4 is 5.73 Å². The number of carbonyl (C=O) groups excluding carboxylic acids is 1. The zero-order valence-corrected chi connectivity index (χ0v) is 10.8. The fourth-order valence-electron chi connectivity index (χ4n) is 2.09. The predicted molar refractivity (Wildman–Crippen MR) is 68.9 cm³/mol. The lowest BCUT2D eigenvalue weighted by molar-refractivity contribution is -0.105. The van der Waals surface area contributed by atoms with Gasteiger partial charge in [-0.25, -0.2) is 0 Å². The molecular formula is C12H20N4O2. The van der Waals surface area contributed by atoms with Gasteiger partial charge in [-0.05, 0) is 36.4 Å². The molecule has 0 aromatic heterocycles. The Bertz CT molecular complexity index is 359. The summed E-state index contributed by atoms with van der Waals surface area (Å²) >= 11 is 0. The lowest BCUT2D eigenvalue weighted by Gasteiger charge is -2.33. The van der Waals surface area contributed by atoms with Gasteiger partial charge in [-0.1, -0.05) is 19.0 Å². The highest BCUT2D eigenvalue weighted by Crippen LogP contribution is 2.23. The molecule has 0 amide bonds. The fourth-order valence-corrected chi connectivity index (χ4v) is 2.09. The number of aldehydes is 1. The number of ether oxygens (including phenoxy) is 1. The minimum absolute atomic E-state index is 0.106. The maximum absolute atomic E-state index is 10.9. The summed E-state index contributed by atoms with van der Waals surface area (Å²) in [6, 6.07) is -0.815. The Morgan fingerprint density at radius 2 is 2.33 bits per heavy atom. The topological polar surface area (TPSA) is 101 Å². The highest BCUT2D eigenvalue weighted by Gasteiger charge is 2.31. The van der Waals surface area contributed by atoms with Gasteiger partial charge >= 0.3 is 0 Å². The number of hydrogen-bond donors (Lipinski definition) is 1. The number of nitrogens with zero attached hydrogens (tertiary/aromatic N) is 3. The molecule has 0 heterocycles. The van der Waals surface area contributed by atoms with E-state index in [1.165, 1.54) is 0 Å². The van der Waals surface area contributed by atoms with Crippen LogP contribution in [0.2, 0.25) is 0 Å². The minimum atomic E-state index is -0.417. The van der Waals surface area contributed by atoms with Gasteiger partial charge in [0.05, 0.1) is 18.2 Å². The smallest absolute Gasteiger partial charge is 0.145 e. The van der Waals surface area contributed by atoms with Gasteiger partial charge in [0.15, 0.2) is 0 Å². The first-order chi connectivity index (χ1) is 8.65. The number of azide groups is 1. The molecule has 0 aromatic rings. The molecule has 0 aromatic carbocycles. The zero-order valence-electron chi connectivity index (χ0n) is 10.8. The Balaban J connectivity index is 2.86. The number of carbonyl (C=O) groups is 1. The monoisotopic (exact) mass is 252 g/mol. The molecule has 0 saturated heterocycles. The molecule has 0 aliphatic heterocycles. The third kappa shape index (κ3) is 3.57. The molecule has 0 unspecified atom stereocenters. The second-order valence-corrected chi connectivity index (χ2v) is 4.45. The van der Waals surface area contributed by atoms with Crippen LogP contribution >= 0.6 is 0 Å². The molecule has 100 valence electrons. The number of hydrogen-bond acceptors (Lipinski definition) is 4. The zero-order chi connectivity index (χ0) is 13.5. The van der Waals surface area contributed by atoms with Crippen LogP contribution in [0.5, 0.6) is 0 Å². The fraction of sp³-hybridized carbons (Fsp3) is 0.750. The third-order valence-electron chi connectivity index (χ3n) is 3.26.